The zero-order chi connectivity index (χ0) is 21.2. The average molecular weight is 416 g/mol. The van der Waals surface area contributed by atoms with E-state index in [0.29, 0.717) is 28.6 Å². The van der Waals surface area contributed by atoms with Gasteiger partial charge < -0.3 is 9.84 Å². The third kappa shape index (κ3) is 4.25. The van der Waals surface area contributed by atoms with E-state index in [1.54, 1.807) is 30.6 Å². The van der Waals surface area contributed by atoms with Gasteiger partial charge >= 0.3 is 0 Å². The average Bonchev–Trinajstić information content (AvgIpc) is 3.54. The second-order valence-electron chi connectivity index (χ2n) is 7.20. The van der Waals surface area contributed by atoms with Crippen molar-refractivity contribution in [2.24, 2.45) is 0 Å². The molecule has 0 spiro atoms. The Hall–Kier alpha value is -4.14. The summed E-state index contributed by atoms with van der Waals surface area (Å²) in [6, 6.07) is 11.2. The number of nitrogens with one attached hydrogen (secondary N) is 2. The molecule has 0 unspecified atom stereocenters. The van der Waals surface area contributed by atoms with Gasteiger partial charge in [0.2, 0.25) is 5.88 Å². The van der Waals surface area contributed by atoms with E-state index in [1.165, 1.54) is 18.5 Å². The van der Waals surface area contributed by atoms with E-state index in [1.807, 2.05) is 12.1 Å². The van der Waals surface area contributed by atoms with Crippen molar-refractivity contribution < 1.29 is 13.7 Å². The third-order valence-electron chi connectivity index (χ3n) is 4.85. The molecule has 1 amide bonds. The number of nitrogens with zero attached hydrogens (tertiary/aromatic N) is 4. The molecule has 1 aliphatic rings. The highest BCUT2D eigenvalue weighted by molar-refractivity contribution is 6.06. The molecule has 3 heterocycles. The molecule has 1 aliphatic carbocycles. The van der Waals surface area contributed by atoms with Crippen molar-refractivity contribution in [3.05, 3.63) is 78.4 Å². The number of carbonyl (C=O) groups excluding carboxylic acids is 1. The van der Waals surface area contributed by atoms with Gasteiger partial charge in [0.15, 0.2) is 5.69 Å². The minimum absolute atomic E-state index is 0.164. The van der Waals surface area contributed by atoms with Crippen LogP contribution >= 0.6 is 0 Å². The monoisotopic (exact) mass is 416 g/mol. The smallest absolute Gasteiger partial charge is 0.278 e. The molecule has 1 saturated carbocycles. The van der Waals surface area contributed by atoms with Crippen LogP contribution in [0.1, 0.15) is 34.9 Å². The standard InChI is InChI=1S/C22H17FN6O2/c23-15-5-3-14(4-6-15)19-9-20(31-29-19)28-22(30)21-18(26-16-10-24-12-25-11-16)8-7-17(27-21)13-1-2-13/h3-13,26H,1-2H2,(H,28,30). The molecule has 0 radical (unpaired) electrons. The van der Waals surface area contributed by atoms with Gasteiger partial charge in [0.25, 0.3) is 5.91 Å². The van der Waals surface area contributed by atoms with Gasteiger partial charge in [-0.05, 0) is 49.2 Å². The molecule has 1 fully saturated rings. The van der Waals surface area contributed by atoms with Crippen LogP contribution in [0.4, 0.5) is 21.6 Å². The first-order chi connectivity index (χ1) is 15.2. The maximum Gasteiger partial charge on any atom is 0.278 e. The van der Waals surface area contributed by atoms with Gasteiger partial charge in [0.1, 0.15) is 17.8 Å². The van der Waals surface area contributed by atoms with E-state index in [9.17, 15) is 9.18 Å². The Morgan fingerprint density at radius 3 is 2.58 bits per heavy atom. The van der Waals surface area contributed by atoms with Crippen molar-refractivity contribution >= 4 is 23.2 Å². The van der Waals surface area contributed by atoms with Crippen LogP contribution in [0.5, 0.6) is 0 Å². The minimum Gasteiger partial charge on any atom is -0.351 e. The van der Waals surface area contributed by atoms with E-state index in [-0.39, 0.29) is 17.4 Å². The number of amides is 1. The topological polar surface area (TPSA) is 106 Å². The van der Waals surface area contributed by atoms with Crippen LogP contribution < -0.4 is 10.6 Å². The van der Waals surface area contributed by atoms with E-state index in [0.717, 1.165) is 18.5 Å². The summed E-state index contributed by atoms with van der Waals surface area (Å²) in [5, 5.41) is 9.77. The molecule has 5 rings (SSSR count). The first kappa shape index (κ1) is 18.9. The number of benzene rings is 1. The molecule has 154 valence electrons. The van der Waals surface area contributed by atoms with Crippen molar-refractivity contribution in [1.29, 1.82) is 0 Å². The number of pyridine rings is 1. The summed E-state index contributed by atoms with van der Waals surface area (Å²) in [6.45, 7) is 0. The van der Waals surface area contributed by atoms with Crippen LogP contribution in [0.2, 0.25) is 0 Å². The Morgan fingerprint density at radius 2 is 1.84 bits per heavy atom. The highest BCUT2D eigenvalue weighted by Gasteiger charge is 2.27. The summed E-state index contributed by atoms with van der Waals surface area (Å²) in [5.41, 5.74) is 3.42. The lowest BCUT2D eigenvalue weighted by atomic mass is 10.1. The van der Waals surface area contributed by atoms with Gasteiger partial charge in [-0.15, -0.1) is 0 Å². The van der Waals surface area contributed by atoms with Crippen molar-refractivity contribution in [2.75, 3.05) is 10.6 Å². The van der Waals surface area contributed by atoms with Gasteiger partial charge in [-0.1, -0.05) is 5.16 Å². The Morgan fingerprint density at radius 1 is 1.06 bits per heavy atom. The van der Waals surface area contributed by atoms with Gasteiger partial charge in [0.05, 0.1) is 23.8 Å². The molecule has 0 bridgehead atoms. The van der Waals surface area contributed by atoms with Gasteiger partial charge in [-0.25, -0.2) is 19.3 Å². The van der Waals surface area contributed by atoms with Crippen LogP contribution in [0, 0.1) is 5.82 Å². The number of carbonyl (C=O) groups is 1. The van der Waals surface area contributed by atoms with Crippen molar-refractivity contribution in [3.8, 4) is 11.3 Å². The molecular formula is C22H17FN6O2. The van der Waals surface area contributed by atoms with Crippen LogP contribution in [-0.2, 0) is 0 Å². The Labute approximate surface area is 176 Å². The molecule has 1 aromatic carbocycles. The largest absolute Gasteiger partial charge is 0.351 e. The minimum atomic E-state index is -0.441. The Bertz CT molecular complexity index is 1220. The van der Waals surface area contributed by atoms with E-state index in [4.69, 9.17) is 4.52 Å². The fourth-order valence-electron chi connectivity index (χ4n) is 3.14. The van der Waals surface area contributed by atoms with Gasteiger partial charge in [-0.2, -0.15) is 0 Å². The summed E-state index contributed by atoms with van der Waals surface area (Å²) in [5.74, 6) is -0.233. The SMILES string of the molecule is O=C(Nc1cc(-c2ccc(F)cc2)no1)c1nc(C2CC2)ccc1Nc1cncnc1. The maximum atomic E-state index is 13.1. The highest BCUT2D eigenvalue weighted by Crippen LogP contribution is 2.39. The highest BCUT2D eigenvalue weighted by atomic mass is 19.1. The number of aromatic nitrogens is 4. The van der Waals surface area contributed by atoms with E-state index < -0.39 is 5.91 Å². The number of halogens is 1. The number of anilines is 3. The number of rotatable bonds is 6. The van der Waals surface area contributed by atoms with Crippen LogP contribution in [0.15, 0.2) is 65.7 Å². The predicted octanol–water partition coefficient (Wildman–Crippen LogP) is 4.54. The molecular weight excluding hydrogens is 399 g/mol. The third-order valence-corrected chi connectivity index (χ3v) is 4.85. The lowest BCUT2D eigenvalue weighted by Crippen LogP contribution is -2.16. The van der Waals surface area contributed by atoms with Crippen molar-refractivity contribution in [2.45, 2.75) is 18.8 Å². The molecule has 9 heteroatoms. The summed E-state index contributed by atoms with van der Waals surface area (Å²) in [7, 11) is 0. The van der Waals surface area contributed by atoms with Crippen LogP contribution in [0.25, 0.3) is 11.3 Å². The Balaban J connectivity index is 1.40. The quantitative estimate of drug-likeness (QED) is 0.475. The Kier molecular flexibility index (Phi) is 4.83. The molecule has 3 aromatic heterocycles. The fourth-order valence-corrected chi connectivity index (χ4v) is 3.14. The predicted molar refractivity (Wildman–Crippen MR) is 111 cm³/mol. The van der Waals surface area contributed by atoms with E-state index >= 15 is 0 Å². The lowest BCUT2D eigenvalue weighted by Gasteiger charge is -2.12. The molecule has 0 atom stereocenters. The molecule has 0 aliphatic heterocycles. The number of hydrogen-bond acceptors (Lipinski definition) is 7. The first-order valence-corrected chi connectivity index (χ1v) is 9.73. The first-order valence-electron chi connectivity index (χ1n) is 9.73. The normalized spacial score (nSPS) is 13.1. The molecule has 31 heavy (non-hydrogen) atoms. The zero-order valence-corrected chi connectivity index (χ0v) is 16.2. The summed E-state index contributed by atoms with van der Waals surface area (Å²) >= 11 is 0. The molecule has 2 N–H and O–H groups in total. The second kappa shape index (κ2) is 7.94. The van der Waals surface area contributed by atoms with Crippen molar-refractivity contribution in [3.63, 3.8) is 0 Å². The molecule has 4 aromatic rings. The molecule has 8 nitrogen and oxygen atoms in total. The summed E-state index contributed by atoms with van der Waals surface area (Å²) < 4.78 is 18.4. The lowest BCUT2D eigenvalue weighted by molar-refractivity contribution is 0.101. The summed E-state index contributed by atoms with van der Waals surface area (Å²) in [4.78, 5) is 25.6. The zero-order valence-electron chi connectivity index (χ0n) is 16.2. The van der Waals surface area contributed by atoms with Gasteiger partial charge in [0, 0.05) is 23.2 Å². The summed E-state index contributed by atoms with van der Waals surface area (Å²) in [6.07, 6.45) is 6.77. The van der Waals surface area contributed by atoms with Crippen LogP contribution in [0.3, 0.4) is 0 Å². The van der Waals surface area contributed by atoms with E-state index in [2.05, 4.69) is 30.7 Å². The van der Waals surface area contributed by atoms with Crippen LogP contribution in [-0.4, -0.2) is 26.0 Å². The van der Waals surface area contributed by atoms with Gasteiger partial charge in [-0.3, -0.25) is 10.1 Å². The fraction of sp³-hybridized carbons (Fsp3) is 0.136. The maximum absolute atomic E-state index is 13.1. The van der Waals surface area contributed by atoms with Crippen molar-refractivity contribution in [1.82, 2.24) is 20.1 Å². The second-order valence-corrected chi connectivity index (χ2v) is 7.20. The molecule has 0 saturated heterocycles. The number of hydrogen-bond donors (Lipinski definition) is 2.